The molecule has 3 rings (SSSR count). The molecule has 11 nitrogen and oxygen atoms in total. The van der Waals surface area contributed by atoms with Gasteiger partial charge in [-0.05, 0) is 50.5 Å². The molecule has 0 radical (unpaired) electrons. The van der Waals surface area contributed by atoms with Gasteiger partial charge < -0.3 is 14.7 Å². The summed E-state index contributed by atoms with van der Waals surface area (Å²) in [5.41, 5.74) is 1.03. The van der Waals surface area contributed by atoms with E-state index in [1.54, 1.807) is 6.92 Å². The van der Waals surface area contributed by atoms with Crippen molar-refractivity contribution in [2.75, 3.05) is 13.2 Å². The number of ether oxygens (including phenoxy) is 1. The van der Waals surface area contributed by atoms with Gasteiger partial charge in [-0.3, -0.25) is 30.2 Å². The van der Waals surface area contributed by atoms with Crippen molar-refractivity contribution in [1.82, 2.24) is 15.6 Å². The van der Waals surface area contributed by atoms with Gasteiger partial charge in [-0.2, -0.15) is 0 Å². The number of carboxylic acid groups (broad SMARTS) is 1. The summed E-state index contributed by atoms with van der Waals surface area (Å²) in [7, 11) is 0. The minimum absolute atomic E-state index is 0.00448. The van der Waals surface area contributed by atoms with Gasteiger partial charge >= 0.3 is 11.9 Å². The number of carboxylic acids is 1. The van der Waals surface area contributed by atoms with Crippen molar-refractivity contribution < 1.29 is 39.5 Å². The van der Waals surface area contributed by atoms with Gasteiger partial charge in [0, 0.05) is 12.5 Å². The molecule has 1 saturated carbocycles. The van der Waals surface area contributed by atoms with Gasteiger partial charge in [-0.1, -0.05) is 36.8 Å². The van der Waals surface area contributed by atoms with Crippen molar-refractivity contribution in [3.8, 4) is 0 Å². The van der Waals surface area contributed by atoms with E-state index >= 15 is 0 Å². The number of fused-ring (bicyclic) bond motifs is 1. The van der Waals surface area contributed by atoms with Gasteiger partial charge in [0.1, 0.15) is 12.1 Å². The van der Waals surface area contributed by atoms with Crippen LogP contribution in [0.3, 0.4) is 0 Å². The lowest BCUT2D eigenvalue weighted by Gasteiger charge is -2.32. The monoisotopic (exact) mass is 493 g/mol. The molecular weight excluding hydrogens is 458 g/mol. The standard InChI is InChI=1S/C24H35N3O8/c1-16(22(28)26-20-10-5-9-18(20)15-21(26)23(29)30)25-19(12-11-17-7-3-2-4-8-17)24(31)34-13-6-14-35-27(32)33/h2-4,7-8,16,18-21,25,32-33H,5-6,9-15H2,1H3,(H,29,30). The van der Waals surface area contributed by atoms with Crippen LogP contribution < -0.4 is 5.32 Å². The zero-order chi connectivity index (χ0) is 25.4. The molecule has 1 saturated heterocycles. The van der Waals surface area contributed by atoms with Crippen molar-refractivity contribution in [2.45, 2.75) is 76.0 Å². The van der Waals surface area contributed by atoms with E-state index in [9.17, 15) is 19.5 Å². The molecule has 194 valence electrons. The van der Waals surface area contributed by atoms with Gasteiger partial charge in [0.05, 0.1) is 24.6 Å². The number of benzene rings is 1. The zero-order valence-corrected chi connectivity index (χ0v) is 19.9. The fourth-order valence-electron chi connectivity index (χ4n) is 5.13. The topological polar surface area (TPSA) is 149 Å². The van der Waals surface area contributed by atoms with Crippen LogP contribution in [0.2, 0.25) is 0 Å². The lowest BCUT2D eigenvalue weighted by atomic mass is 10.0. The van der Waals surface area contributed by atoms with Crippen molar-refractivity contribution in [2.24, 2.45) is 5.92 Å². The molecule has 0 spiro atoms. The Labute approximate surface area is 204 Å². The molecular formula is C24H35N3O8. The highest BCUT2D eigenvalue weighted by Crippen LogP contribution is 2.41. The van der Waals surface area contributed by atoms with E-state index in [4.69, 9.17) is 15.2 Å². The van der Waals surface area contributed by atoms with E-state index in [1.807, 2.05) is 30.3 Å². The van der Waals surface area contributed by atoms with Crippen LogP contribution in [0.1, 0.15) is 51.0 Å². The number of esters is 1. The molecule has 11 heteroatoms. The number of nitrogens with one attached hydrogen (secondary N) is 1. The van der Waals surface area contributed by atoms with Crippen LogP contribution in [0.25, 0.3) is 0 Å². The zero-order valence-electron chi connectivity index (χ0n) is 19.9. The van der Waals surface area contributed by atoms with Gasteiger partial charge in [0.15, 0.2) is 0 Å². The summed E-state index contributed by atoms with van der Waals surface area (Å²) in [5.74, 6) is -1.64. The lowest BCUT2D eigenvalue weighted by Crippen LogP contribution is -2.55. The average molecular weight is 494 g/mol. The number of rotatable bonds is 13. The Hall–Kier alpha value is -2.57. The summed E-state index contributed by atoms with van der Waals surface area (Å²) < 4.78 is 5.33. The van der Waals surface area contributed by atoms with Crippen LogP contribution in [0.4, 0.5) is 0 Å². The summed E-state index contributed by atoms with van der Waals surface area (Å²) in [5, 5.41) is 29.5. The maximum Gasteiger partial charge on any atom is 0.326 e. The quantitative estimate of drug-likeness (QED) is 0.182. The third-order valence-corrected chi connectivity index (χ3v) is 6.79. The maximum atomic E-state index is 13.4. The molecule has 0 aromatic heterocycles. The Bertz CT molecular complexity index is 852. The summed E-state index contributed by atoms with van der Waals surface area (Å²) in [4.78, 5) is 44.0. The van der Waals surface area contributed by atoms with Crippen LogP contribution >= 0.6 is 0 Å². The molecule has 1 aliphatic carbocycles. The first kappa shape index (κ1) is 27.0. The third kappa shape index (κ3) is 7.45. The first-order chi connectivity index (χ1) is 16.8. The molecule has 1 aromatic rings. The van der Waals surface area contributed by atoms with Crippen LogP contribution in [0.15, 0.2) is 30.3 Å². The largest absolute Gasteiger partial charge is 0.480 e. The minimum Gasteiger partial charge on any atom is -0.480 e. The van der Waals surface area contributed by atoms with Gasteiger partial charge in [-0.15, -0.1) is 0 Å². The second kappa shape index (κ2) is 12.9. The molecule has 0 bridgehead atoms. The minimum atomic E-state index is -0.994. The molecule has 4 N–H and O–H groups in total. The van der Waals surface area contributed by atoms with E-state index in [1.165, 1.54) is 4.90 Å². The number of aryl methyl sites for hydroxylation is 1. The fraction of sp³-hybridized carbons (Fsp3) is 0.625. The molecule has 1 amide bonds. The summed E-state index contributed by atoms with van der Waals surface area (Å²) >= 11 is 0. The van der Waals surface area contributed by atoms with E-state index in [0.29, 0.717) is 19.3 Å². The number of hydrogen-bond donors (Lipinski definition) is 4. The number of amides is 1. The van der Waals surface area contributed by atoms with Crippen LogP contribution in [0, 0.1) is 5.92 Å². The Morgan fingerprint density at radius 2 is 1.91 bits per heavy atom. The number of carbonyl (C=O) groups is 3. The number of hydrogen-bond acceptors (Lipinski definition) is 9. The Morgan fingerprint density at radius 3 is 2.60 bits per heavy atom. The third-order valence-electron chi connectivity index (χ3n) is 6.79. The van der Waals surface area contributed by atoms with Crippen molar-refractivity contribution in [3.05, 3.63) is 35.9 Å². The summed E-state index contributed by atoms with van der Waals surface area (Å²) in [6.07, 6.45) is 4.38. The van der Waals surface area contributed by atoms with Crippen molar-refractivity contribution in [3.63, 3.8) is 0 Å². The summed E-state index contributed by atoms with van der Waals surface area (Å²) in [6, 6.07) is 7.16. The maximum absolute atomic E-state index is 13.4. The van der Waals surface area contributed by atoms with E-state index in [-0.39, 0.29) is 37.5 Å². The highest BCUT2D eigenvalue weighted by atomic mass is 17.1. The van der Waals surface area contributed by atoms with Crippen molar-refractivity contribution >= 4 is 17.8 Å². The predicted molar refractivity (Wildman–Crippen MR) is 122 cm³/mol. The van der Waals surface area contributed by atoms with Gasteiger partial charge in [0.2, 0.25) is 5.91 Å². The predicted octanol–water partition coefficient (Wildman–Crippen LogP) is 1.77. The number of likely N-dealkylation sites (tertiary alicyclic amines) is 1. The van der Waals surface area contributed by atoms with E-state index < -0.39 is 35.5 Å². The van der Waals surface area contributed by atoms with Gasteiger partial charge in [-0.25, -0.2) is 4.79 Å². The number of nitrogens with zero attached hydrogens (tertiary/aromatic N) is 2. The first-order valence-corrected chi connectivity index (χ1v) is 12.1. The van der Waals surface area contributed by atoms with Crippen LogP contribution in [0.5, 0.6) is 0 Å². The molecule has 35 heavy (non-hydrogen) atoms. The van der Waals surface area contributed by atoms with Gasteiger partial charge in [0.25, 0.3) is 0 Å². The van der Waals surface area contributed by atoms with Crippen LogP contribution in [-0.2, 0) is 30.4 Å². The molecule has 2 aliphatic rings. The number of aliphatic carboxylic acids is 1. The molecule has 2 fully saturated rings. The second-order valence-electron chi connectivity index (χ2n) is 9.17. The van der Waals surface area contributed by atoms with Crippen LogP contribution in [-0.4, -0.2) is 81.0 Å². The molecule has 1 aromatic carbocycles. The number of carbonyl (C=O) groups excluding carboxylic acids is 2. The molecule has 5 atom stereocenters. The molecule has 5 unspecified atom stereocenters. The smallest absolute Gasteiger partial charge is 0.326 e. The Balaban J connectivity index is 1.63. The molecule has 1 aliphatic heterocycles. The Kier molecular flexibility index (Phi) is 9.99. The normalized spacial score (nSPS) is 23.2. The van der Waals surface area contributed by atoms with Crippen molar-refractivity contribution in [1.29, 1.82) is 0 Å². The molecule has 1 heterocycles. The Morgan fingerprint density at radius 1 is 1.17 bits per heavy atom. The second-order valence-corrected chi connectivity index (χ2v) is 9.17. The lowest BCUT2D eigenvalue weighted by molar-refractivity contribution is -0.492. The summed E-state index contributed by atoms with van der Waals surface area (Å²) in [6.45, 7) is 1.58. The highest BCUT2D eigenvalue weighted by Gasteiger charge is 2.49. The SMILES string of the molecule is CC(NC(CCc1ccccc1)C(=O)OCCCON(O)O)C(=O)N1C(C(=O)O)CC2CCCC21. The van der Waals surface area contributed by atoms with E-state index in [2.05, 4.69) is 10.2 Å². The fourth-order valence-corrected chi connectivity index (χ4v) is 5.13. The van der Waals surface area contributed by atoms with E-state index in [0.717, 1.165) is 24.8 Å². The average Bonchev–Trinajstić information content (AvgIpc) is 3.43. The first-order valence-electron chi connectivity index (χ1n) is 12.1. The highest BCUT2D eigenvalue weighted by molar-refractivity contribution is 5.88.